The Balaban J connectivity index is 2.56. The maximum Gasteiger partial charge on any atom is 0.344 e. The highest BCUT2D eigenvalue weighted by molar-refractivity contribution is 8.00. The number of carbonyl (C=O) groups is 1. The fourth-order valence-electron chi connectivity index (χ4n) is 2.07. The van der Waals surface area contributed by atoms with Crippen molar-refractivity contribution in [2.75, 3.05) is 7.11 Å². The zero-order valence-electron chi connectivity index (χ0n) is 12.6. The van der Waals surface area contributed by atoms with E-state index in [1.165, 1.54) is 14.0 Å². The lowest BCUT2D eigenvalue weighted by Crippen LogP contribution is -2.20. The topological polar surface area (TPSA) is 97.0 Å². The minimum atomic E-state index is -1.11. The van der Waals surface area contributed by atoms with Crippen LogP contribution < -0.4 is 5.63 Å². The molecular weight excluding hydrogens is 320 g/mol. The molecule has 122 valence electrons. The molecule has 0 aliphatic carbocycles. The Morgan fingerprint density at radius 2 is 2.00 bits per heavy atom. The van der Waals surface area contributed by atoms with Crippen LogP contribution in [0.3, 0.4) is 0 Å². The molecular formula is C16H16O6S. The van der Waals surface area contributed by atoms with E-state index in [0.29, 0.717) is 4.90 Å². The minimum Gasteiger partial charge on any atom is -0.507 e. The Bertz CT molecular complexity index is 753. The third kappa shape index (κ3) is 3.57. The van der Waals surface area contributed by atoms with Crippen molar-refractivity contribution in [3.63, 3.8) is 0 Å². The van der Waals surface area contributed by atoms with Crippen LogP contribution in [0.25, 0.3) is 0 Å². The smallest absolute Gasteiger partial charge is 0.344 e. The van der Waals surface area contributed by atoms with Gasteiger partial charge in [0.25, 0.3) is 0 Å². The maximum absolute atomic E-state index is 12.2. The SMILES string of the molecule is COC(=O)C(Sc1ccccc1)c1c(O)c(CO)c(C)oc1=O. The number of esters is 1. The Kier molecular flexibility index (Phi) is 5.46. The van der Waals surface area contributed by atoms with E-state index in [0.717, 1.165) is 11.8 Å². The van der Waals surface area contributed by atoms with E-state index in [4.69, 9.17) is 9.15 Å². The lowest BCUT2D eigenvalue weighted by molar-refractivity contribution is -0.140. The Hall–Kier alpha value is -2.25. The Morgan fingerprint density at radius 1 is 1.35 bits per heavy atom. The molecule has 1 heterocycles. The first-order valence-electron chi connectivity index (χ1n) is 6.75. The van der Waals surface area contributed by atoms with Crippen molar-refractivity contribution in [1.29, 1.82) is 0 Å². The van der Waals surface area contributed by atoms with Crippen LogP contribution in [0.2, 0.25) is 0 Å². The van der Waals surface area contributed by atoms with E-state index in [-0.39, 0.29) is 16.9 Å². The number of hydrogen-bond acceptors (Lipinski definition) is 7. The zero-order chi connectivity index (χ0) is 17.0. The average Bonchev–Trinajstić information content (AvgIpc) is 2.54. The quantitative estimate of drug-likeness (QED) is 0.638. The summed E-state index contributed by atoms with van der Waals surface area (Å²) in [6, 6.07) is 8.92. The molecule has 0 aliphatic heterocycles. The third-order valence-electron chi connectivity index (χ3n) is 3.26. The van der Waals surface area contributed by atoms with Crippen molar-refractivity contribution in [3.05, 3.63) is 57.6 Å². The number of aryl methyl sites for hydroxylation is 1. The number of aromatic hydroxyl groups is 1. The van der Waals surface area contributed by atoms with Crippen LogP contribution in [0.5, 0.6) is 5.75 Å². The van der Waals surface area contributed by atoms with Gasteiger partial charge in [0, 0.05) is 4.90 Å². The van der Waals surface area contributed by atoms with Crippen LogP contribution in [0.4, 0.5) is 0 Å². The predicted molar refractivity (Wildman–Crippen MR) is 84.4 cm³/mol. The predicted octanol–water partition coefficient (Wildman–Crippen LogP) is 2.15. The summed E-state index contributed by atoms with van der Waals surface area (Å²) in [5.74, 6) is -1.04. The fraction of sp³-hybridized carbons (Fsp3) is 0.250. The van der Waals surface area contributed by atoms with Gasteiger partial charge in [0.2, 0.25) is 0 Å². The number of thioether (sulfide) groups is 1. The molecule has 7 heteroatoms. The molecule has 2 N–H and O–H groups in total. The van der Waals surface area contributed by atoms with Crippen molar-refractivity contribution < 1.29 is 24.2 Å². The number of ether oxygens (including phenoxy) is 1. The second-order valence-electron chi connectivity index (χ2n) is 4.68. The molecule has 0 saturated heterocycles. The number of methoxy groups -OCH3 is 1. The summed E-state index contributed by atoms with van der Waals surface area (Å²) >= 11 is 1.05. The molecule has 1 aromatic carbocycles. The van der Waals surface area contributed by atoms with E-state index in [1.807, 2.05) is 6.07 Å². The first-order valence-corrected chi connectivity index (χ1v) is 7.63. The molecule has 0 amide bonds. The highest BCUT2D eigenvalue weighted by Gasteiger charge is 2.31. The summed E-state index contributed by atoms with van der Waals surface area (Å²) in [7, 11) is 1.20. The highest BCUT2D eigenvalue weighted by Crippen LogP contribution is 2.39. The largest absolute Gasteiger partial charge is 0.507 e. The van der Waals surface area contributed by atoms with Crippen LogP contribution in [-0.4, -0.2) is 23.3 Å². The summed E-state index contributed by atoms with van der Waals surface area (Å²) in [6.07, 6.45) is 0. The minimum absolute atomic E-state index is 0.0714. The fourth-order valence-corrected chi connectivity index (χ4v) is 3.17. The molecule has 1 atom stereocenters. The van der Waals surface area contributed by atoms with Gasteiger partial charge in [-0.3, -0.25) is 4.79 Å². The molecule has 6 nitrogen and oxygen atoms in total. The van der Waals surface area contributed by atoms with Crippen LogP contribution in [0.1, 0.15) is 22.1 Å². The maximum atomic E-state index is 12.2. The monoisotopic (exact) mass is 336 g/mol. The number of aliphatic hydroxyl groups excluding tert-OH is 1. The molecule has 2 aromatic rings. The summed E-state index contributed by atoms with van der Waals surface area (Å²) < 4.78 is 9.77. The number of rotatable bonds is 5. The van der Waals surface area contributed by atoms with Crippen LogP contribution in [0.15, 0.2) is 44.4 Å². The molecule has 0 aliphatic rings. The van der Waals surface area contributed by atoms with Gasteiger partial charge in [0.15, 0.2) is 0 Å². The van der Waals surface area contributed by atoms with Gasteiger partial charge in [-0.1, -0.05) is 18.2 Å². The lowest BCUT2D eigenvalue weighted by atomic mass is 10.1. The van der Waals surface area contributed by atoms with Crippen LogP contribution in [-0.2, 0) is 16.1 Å². The van der Waals surface area contributed by atoms with Crippen molar-refractivity contribution in [2.45, 2.75) is 23.7 Å². The van der Waals surface area contributed by atoms with Gasteiger partial charge in [-0.15, -0.1) is 11.8 Å². The van der Waals surface area contributed by atoms with E-state index in [9.17, 15) is 19.8 Å². The van der Waals surface area contributed by atoms with E-state index in [1.54, 1.807) is 24.3 Å². The van der Waals surface area contributed by atoms with Crippen molar-refractivity contribution in [2.24, 2.45) is 0 Å². The second kappa shape index (κ2) is 7.34. The Labute approximate surface area is 136 Å². The van der Waals surface area contributed by atoms with Crippen LogP contribution >= 0.6 is 11.8 Å². The number of benzene rings is 1. The molecule has 1 unspecified atom stereocenters. The van der Waals surface area contributed by atoms with E-state index in [2.05, 4.69) is 0 Å². The van der Waals surface area contributed by atoms with Gasteiger partial charge in [-0.05, 0) is 19.1 Å². The number of aliphatic hydroxyl groups is 1. The molecule has 2 rings (SSSR count). The van der Waals surface area contributed by atoms with E-state index < -0.39 is 29.2 Å². The van der Waals surface area contributed by atoms with E-state index >= 15 is 0 Å². The van der Waals surface area contributed by atoms with Gasteiger partial charge in [0.05, 0.1) is 19.3 Å². The number of hydrogen-bond donors (Lipinski definition) is 2. The molecule has 0 fully saturated rings. The van der Waals surface area contributed by atoms with Gasteiger partial charge in [0.1, 0.15) is 22.3 Å². The first-order chi connectivity index (χ1) is 11.0. The summed E-state index contributed by atoms with van der Waals surface area (Å²) in [5.41, 5.74) is -1.00. The molecule has 1 aromatic heterocycles. The highest BCUT2D eigenvalue weighted by atomic mass is 32.2. The van der Waals surface area contributed by atoms with Gasteiger partial charge in [-0.2, -0.15) is 0 Å². The molecule has 0 spiro atoms. The van der Waals surface area contributed by atoms with Gasteiger partial charge < -0.3 is 19.4 Å². The standard InChI is InChI=1S/C16H16O6S/c1-9-11(8-17)13(18)12(15(19)22-9)14(16(20)21-2)23-10-6-4-3-5-7-10/h3-7,14,17-18H,8H2,1-2H3. The number of carbonyl (C=O) groups excluding carboxylic acids is 1. The average molecular weight is 336 g/mol. The van der Waals surface area contributed by atoms with Crippen LogP contribution in [0, 0.1) is 6.92 Å². The van der Waals surface area contributed by atoms with Crippen molar-refractivity contribution in [3.8, 4) is 5.75 Å². The summed E-state index contributed by atoms with van der Waals surface area (Å²) in [5, 5.41) is 18.5. The summed E-state index contributed by atoms with van der Waals surface area (Å²) in [4.78, 5) is 25.0. The molecule has 23 heavy (non-hydrogen) atoms. The normalized spacial score (nSPS) is 12.0. The van der Waals surface area contributed by atoms with Crippen molar-refractivity contribution in [1.82, 2.24) is 0 Å². The Morgan fingerprint density at radius 3 is 2.57 bits per heavy atom. The first kappa shape index (κ1) is 17.1. The lowest BCUT2D eigenvalue weighted by Gasteiger charge is -2.16. The van der Waals surface area contributed by atoms with Gasteiger partial charge in [-0.25, -0.2) is 4.79 Å². The molecule has 0 radical (unpaired) electrons. The third-order valence-corrected chi connectivity index (χ3v) is 4.47. The molecule has 0 saturated carbocycles. The van der Waals surface area contributed by atoms with Gasteiger partial charge >= 0.3 is 11.6 Å². The van der Waals surface area contributed by atoms with Crippen molar-refractivity contribution >= 4 is 17.7 Å². The second-order valence-corrected chi connectivity index (χ2v) is 5.86. The summed E-state index contributed by atoms with van der Waals surface area (Å²) in [6.45, 7) is 0.937. The molecule has 0 bridgehead atoms. The zero-order valence-corrected chi connectivity index (χ0v) is 13.4.